The Labute approximate surface area is 183 Å². The van der Waals surface area contributed by atoms with Gasteiger partial charge in [-0.3, -0.25) is 4.79 Å². The van der Waals surface area contributed by atoms with Gasteiger partial charge in [0, 0.05) is 19.4 Å². The zero-order valence-corrected chi connectivity index (χ0v) is 19.3. The molecule has 0 amide bonds. The number of aliphatic hydroxyl groups is 1. The van der Waals surface area contributed by atoms with Crippen molar-refractivity contribution in [3.8, 4) is 0 Å². The lowest BCUT2D eigenvalue weighted by atomic mass is 10.0. The normalized spacial score (nSPS) is 14.1. The number of aromatic amines is 1. The first-order valence-electron chi connectivity index (χ1n) is 11.1. The van der Waals surface area contributed by atoms with E-state index in [1.807, 2.05) is 35.9 Å². The summed E-state index contributed by atoms with van der Waals surface area (Å²) in [6.45, 7) is 11.8. The number of para-hydroxylation sites is 1. The van der Waals surface area contributed by atoms with Crippen LogP contribution in [0.4, 0.5) is 0 Å². The molecule has 0 fully saturated rings. The number of aryl methyl sites for hydroxylation is 1. The highest BCUT2D eigenvalue weighted by Crippen LogP contribution is 2.20. The fourth-order valence-corrected chi connectivity index (χ4v) is 4.19. The predicted octanol–water partition coefficient (Wildman–Crippen LogP) is 1.89. The number of benzene rings is 1. The number of quaternary nitrogens is 1. The number of hydrogen-bond donors (Lipinski definition) is 3. The molecule has 3 N–H and O–H groups in total. The monoisotopic (exact) mass is 427 g/mol. The molecule has 1 unspecified atom stereocenters. The first-order chi connectivity index (χ1) is 14.8. The quantitative estimate of drug-likeness (QED) is 0.484. The Hall–Kier alpha value is -2.58. The van der Waals surface area contributed by atoms with Crippen LogP contribution in [-0.4, -0.2) is 43.4 Å². The van der Waals surface area contributed by atoms with Gasteiger partial charge in [0.1, 0.15) is 12.6 Å². The molecule has 2 atom stereocenters. The van der Waals surface area contributed by atoms with Gasteiger partial charge in [0.2, 0.25) is 5.82 Å². The maximum Gasteiger partial charge on any atom is 0.257 e. The van der Waals surface area contributed by atoms with Crippen molar-refractivity contribution in [2.24, 2.45) is 0 Å². The molecule has 8 nitrogen and oxygen atoms in total. The lowest BCUT2D eigenvalue weighted by Gasteiger charge is -2.30. The molecule has 0 radical (unpaired) electrons. The fourth-order valence-electron chi connectivity index (χ4n) is 4.19. The zero-order valence-electron chi connectivity index (χ0n) is 19.3. The van der Waals surface area contributed by atoms with Crippen molar-refractivity contribution in [1.82, 2.24) is 25.2 Å². The van der Waals surface area contributed by atoms with Crippen molar-refractivity contribution >= 4 is 10.9 Å². The van der Waals surface area contributed by atoms with E-state index < -0.39 is 0 Å². The van der Waals surface area contributed by atoms with Gasteiger partial charge in [0.15, 0.2) is 0 Å². The number of nitrogens with zero attached hydrogens (tertiary/aromatic N) is 4. The van der Waals surface area contributed by atoms with Gasteiger partial charge < -0.3 is 15.0 Å². The molecule has 0 bridgehead atoms. The third-order valence-electron chi connectivity index (χ3n) is 5.75. The number of pyridine rings is 1. The third kappa shape index (κ3) is 5.19. The van der Waals surface area contributed by atoms with Crippen molar-refractivity contribution in [3.05, 3.63) is 51.6 Å². The SMILES string of the molecule is CCC[C@H](c1nnnn1C(C)(C)C)[NH+](CCCO)Cc1cc2cccc(C)c2[nH]c1=O. The summed E-state index contributed by atoms with van der Waals surface area (Å²) >= 11 is 0. The molecule has 0 saturated heterocycles. The van der Waals surface area contributed by atoms with E-state index in [1.54, 1.807) is 0 Å². The minimum Gasteiger partial charge on any atom is -0.396 e. The van der Waals surface area contributed by atoms with Gasteiger partial charge in [-0.1, -0.05) is 31.5 Å². The molecule has 31 heavy (non-hydrogen) atoms. The van der Waals surface area contributed by atoms with E-state index in [1.165, 1.54) is 4.90 Å². The standard InChI is InChI=1S/C23H34N6O2/c1-6-9-19(21-25-26-27-29(21)23(3,4)5)28(12-8-13-30)15-18-14-17-11-7-10-16(2)20(17)24-22(18)31/h7,10-11,14,19,30H,6,8-9,12-13,15H2,1-5H3,(H,24,31)/p+1/t19-/m1/s1. The van der Waals surface area contributed by atoms with Crippen molar-refractivity contribution in [2.75, 3.05) is 13.2 Å². The van der Waals surface area contributed by atoms with Crippen LogP contribution in [-0.2, 0) is 12.1 Å². The molecule has 0 aliphatic carbocycles. The smallest absolute Gasteiger partial charge is 0.257 e. The van der Waals surface area contributed by atoms with E-state index in [0.29, 0.717) is 13.0 Å². The zero-order chi connectivity index (χ0) is 22.6. The first kappa shape index (κ1) is 23.1. The topological polar surface area (TPSA) is 101 Å². The van der Waals surface area contributed by atoms with Gasteiger partial charge in [-0.25, -0.2) is 4.68 Å². The van der Waals surface area contributed by atoms with Crippen molar-refractivity contribution < 1.29 is 10.0 Å². The van der Waals surface area contributed by atoms with Crippen LogP contribution in [0.2, 0.25) is 0 Å². The lowest BCUT2D eigenvalue weighted by Crippen LogP contribution is -3.11. The predicted molar refractivity (Wildman–Crippen MR) is 121 cm³/mol. The summed E-state index contributed by atoms with van der Waals surface area (Å²) in [6, 6.07) is 8.06. The highest BCUT2D eigenvalue weighted by atomic mass is 16.3. The third-order valence-corrected chi connectivity index (χ3v) is 5.75. The molecule has 0 spiro atoms. The second-order valence-electron chi connectivity index (χ2n) is 9.29. The number of nitrogens with one attached hydrogen (secondary N) is 2. The minimum absolute atomic E-state index is 0.0263. The lowest BCUT2D eigenvalue weighted by molar-refractivity contribution is -0.946. The van der Waals surface area contributed by atoms with Crippen LogP contribution in [0, 0.1) is 6.92 Å². The molecule has 168 valence electrons. The average Bonchev–Trinajstić information content (AvgIpc) is 3.21. The second kappa shape index (κ2) is 9.70. The number of rotatable bonds is 9. The molecule has 8 heteroatoms. The van der Waals surface area contributed by atoms with E-state index in [-0.39, 0.29) is 23.7 Å². The summed E-state index contributed by atoms with van der Waals surface area (Å²) in [7, 11) is 0. The Morgan fingerprint density at radius 3 is 2.74 bits per heavy atom. The van der Waals surface area contributed by atoms with E-state index in [4.69, 9.17) is 0 Å². The molecule has 2 aromatic heterocycles. The highest BCUT2D eigenvalue weighted by molar-refractivity contribution is 5.81. The molecule has 1 aromatic carbocycles. The van der Waals surface area contributed by atoms with Crippen LogP contribution >= 0.6 is 0 Å². The molecule has 0 aliphatic rings. The van der Waals surface area contributed by atoms with E-state index in [9.17, 15) is 9.90 Å². The van der Waals surface area contributed by atoms with E-state index in [2.05, 4.69) is 48.2 Å². The fraction of sp³-hybridized carbons (Fsp3) is 0.565. The van der Waals surface area contributed by atoms with Crippen molar-refractivity contribution in [1.29, 1.82) is 0 Å². The molecule has 0 saturated carbocycles. The van der Waals surface area contributed by atoms with Crippen LogP contribution in [0.1, 0.15) is 70.0 Å². The van der Waals surface area contributed by atoms with Crippen LogP contribution in [0.15, 0.2) is 29.1 Å². The van der Waals surface area contributed by atoms with Crippen LogP contribution in [0.5, 0.6) is 0 Å². The van der Waals surface area contributed by atoms with Crippen LogP contribution in [0.25, 0.3) is 10.9 Å². The molecule has 0 aliphatic heterocycles. The molecular weight excluding hydrogens is 392 g/mol. The summed E-state index contributed by atoms with van der Waals surface area (Å²) in [6.07, 6.45) is 2.51. The number of fused-ring (bicyclic) bond motifs is 1. The first-order valence-corrected chi connectivity index (χ1v) is 11.1. The molecule has 2 heterocycles. The Balaban J connectivity index is 2.02. The number of tetrazole rings is 1. The van der Waals surface area contributed by atoms with Crippen LogP contribution in [0.3, 0.4) is 0 Å². The second-order valence-corrected chi connectivity index (χ2v) is 9.29. The van der Waals surface area contributed by atoms with E-state index in [0.717, 1.165) is 47.2 Å². The number of H-pyrrole nitrogens is 1. The summed E-state index contributed by atoms with van der Waals surface area (Å²) in [5.41, 5.74) is 2.37. The van der Waals surface area contributed by atoms with Gasteiger partial charge in [0.25, 0.3) is 5.56 Å². The minimum atomic E-state index is -0.245. The summed E-state index contributed by atoms with van der Waals surface area (Å²) in [5, 5.41) is 23.1. The summed E-state index contributed by atoms with van der Waals surface area (Å²) in [4.78, 5) is 17.2. The Bertz CT molecular complexity index is 1070. The summed E-state index contributed by atoms with van der Waals surface area (Å²) < 4.78 is 1.89. The Kier molecular flexibility index (Phi) is 7.23. The number of aliphatic hydroxyl groups excluding tert-OH is 1. The molecule has 3 rings (SSSR count). The maximum absolute atomic E-state index is 12.9. The molecular formula is C23H35N6O2+. The highest BCUT2D eigenvalue weighted by Gasteiger charge is 2.32. The average molecular weight is 428 g/mol. The Morgan fingerprint density at radius 1 is 1.29 bits per heavy atom. The van der Waals surface area contributed by atoms with Gasteiger partial charge >= 0.3 is 0 Å². The largest absolute Gasteiger partial charge is 0.396 e. The summed E-state index contributed by atoms with van der Waals surface area (Å²) in [5.74, 6) is 0.829. The number of aromatic nitrogens is 5. The van der Waals surface area contributed by atoms with Crippen LogP contribution < -0.4 is 10.5 Å². The van der Waals surface area contributed by atoms with Gasteiger partial charge in [-0.2, -0.15) is 0 Å². The number of hydrogen-bond acceptors (Lipinski definition) is 5. The van der Waals surface area contributed by atoms with Crippen molar-refractivity contribution in [2.45, 2.75) is 72.0 Å². The maximum atomic E-state index is 12.9. The van der Waals surface area contributed by atoms with Gasteiger partial charge in [0.05, 0.1) is 23.2 Å². The van der Waals surface area contributed by atoms with Crippen molar-refractivity contribution in [3.63, 3.8) is 0 Å². The van der Waals surface area contributed by atoms with Gasteiger partial charge in [-0.05, 0) is 55.1 Å². The van der Waals surface area contributed by atoms with E-state index >= 15 is 0 Å². The Morgan fingerprint density at radius 2 is 2.06 bits per heavy atom. The van der Waals surface area contributed by atoms with Gasteiger partial charge in [-0.15, -0.1) is 5.10 Å². The molecule has 3 aromatic rings.